The zero-order chi connectivity index (χ0) is 23.6. The largest absolute Gasteiger partial charge is 0.497 e. The molecule has 0 radical (unpaired) electrons. The SMILES string of the molecule is COc1ccc(CCc2ccc(-c3noc([C@@H]4CCCN4C(=N)N)n3)cc2C(F)(F)F)cc1.Cl. The zero-order valence-electron chi connectivity index (χ0n) is 18.4. The van der Waals surface area contributed by atoms with Crippen LogP contribution in [0.5, 0.6) is 5.75 Å². The predicted molar refractivity (Wildman–Crippen MR) is 123 cm³/mol. The average Bonchev–Trinajstić information content (AvgIpc) is 3.47. The molecule has 0 saturated carbocycles. The first-order valence-corrected chi connectivity index (χ1v) is 10.5. The van der Waals surface area contributed by atoms with E-state index in [0.717, 1.165) is 18.1 Å². The highest BCUT2D eigenvalue weighted by Crippen LogP contribution is 2.36. The van der Waals surface area contributed by atoms with Crippen LogP contribution in [0.25, 0.3) is 11.4 Å². The monoisotopic (exact) mass is 495 g/mol. The fraction of sp³-hybridized carbons (Fsp3) is 0.348. The molecule has 0 bridgehead atoms. The Morgan fingerprint density at radius 1 is 1.21 bits per heavy atom. The van der Waals surface area contributed by atoms with Crippen molar-refractivity contribution in [1.29, 1.82) is 5.41 Å². The standard InChI is InChI=1S/C23H24F3N5O2.ClH/c1-32-17-10-5-14(6-11-17)4-7-15-8-9-16(13-18(15)23(24,25)26)20-29-21(33-30-20)19-3-2-12-31(19)22(27)28;/h5-6,8-11,13,19H,2-4,7,12H2,1H3,(H3,27,28);1H/t19-;/m0./s1. The van der Waals surface area contributed by atoms with Crippen LogP contribution in [-0.2, 0) is 19.0 Å². The molecule has 182 valence electrons. The molecular weight excluding hydrogens is 471 g/mol. The van der Waals surface area contributed by atoms with Crippen LogP contribution < -0.4 is 10.5 Å². The smallest absolute Gasteiger partial charge is 0.416 e. The number of nitrogens with two attached hydrogens (primary N) is 1. The Bertz CT molecular complexity index is 1130. The fourth-order valence-electron chi connectivity index (χ4n) is 4.07. The lowest BCUT2D eigenvalue weighted by atomic mass is 9.97. The van der Waals surface area contributed by atoms with Gasteiger partial charge < -0.3 is 19.9 Å². The summed E-state index contributed by atoms with van der Waals surface area (Å²) in [7, 11) is 1.56. The number of alkyl halides is 3. The third-order valence-corrected chi connectivity index (χ3v) is 5.80. The first kappa shape index (κ1) is 25.4. The highest BCUT2D eigenvalue weighted by atomic mass is 35.5. The molecule has 1 fully saturated rings. The van der Waals surface area contributed by atoms with E-state index in [1.165, 1.54) is 6.07 Å². The normalized spacial score (nSPS) is 15.8. The van der Waals surface area contributed by atoms with Gasteiger partial charge in [0, 0.05) is 12.1 Å². The van der Waals surface area contributed by atoms with Crippen LogP contribution in [0.1, 0.15) is 41.5 Å². The van der Waals surface area contributed by atoms with Crippen LogP contribution in [-0.4, -0.2) is 34.7 Å². The highest BCUT2D eigenvalue weighted by molar-refractivity contribution is 5.85. The second-order valence-electron chi connectivity index (χ2n) is 7.91. The van der Waals surface area contributed by atoms with Crippen molar-refractivity contribution in [1.82, 2.24) is 15.0 Å². The van der Waals surface area contributed by atoms with Gasteiger partial charge >= 0.3 is 6.18 Å². The summed E-state index contributed by atoms with van der Waals surface area (Å²) in [4.78, 5) is 5.95. The third-order valence-electron chi connectivity index (χ3n) is 5.80. The number of ether oxygens (including phenoxy) is 1. The van der Waals surface area contributed by atoms with Gasteiger partial charge in [-0.15, -0.1) is 12.4 Å². The number of guanidine groups is 1. The summed E-state index contributed by atoms with van der Waals surface area (Å²) in [5, 5.41) is 11.6. The molecule has 0 unspecified atom stereocenters. The maximum Gasteiger partial charge on any atom is 0.416 e. The Morgan fingerprint density at radius 3 is 2.59 bits per heavy atom. The van der Waals surface area contributed by atoms with Gasteiger partial charge in [0.05, 0.1) is 12.7 Å². The van der Waals surface area contributed by atoms with Gasteiger partial charge in [-0.3, -0.25) is 5.41 Å². The molecule has 1 aliphatic rings. The van der Waals surface area contributed by atoms with Crippen molar-refractivity contribution in [3.8, 4) is 17.1 Å². The molecule has 2 aromatic carbocycles. The maximum atomic E-state index is 13.8. The summed E-state index contributed by atoms with van der Waals surface area (Å²) >= 11 is 0. The first-order chi connectivity index (χ1) is 15.8. The van der Waals surface area contributed by atoms with Crippen LogP contribution in [0.4, 0.5) is 13.2 Å². The molecule has 0 spiro atoms. The molecule has 11 heteroatoms. The minimum absolute atomic E-state index is 0. The molecule has 2 heterocycles. The Balaban J connectivity index is 0.00000324. The minimum atomic E-state index is -4.52. The Hall–Kier alpha value is -3.27. The van der Waals surface area contributed by atoms with Gasteiger partial charge in [-0.2, -0.15) is 18.2 Å². The second-order valence-corrected chi connectivity index (χ2v) is 7.91. The molecule has 0 aliphatic carbocycles. The van der Waals surface area contributed by atoms with E-state index in [1.54, 1.807) is 30.2 Å². The van der Waals surface area contributed by atoms with E-state index in [-0.39, 0.29) is 53.7 Å². The maximum absolute atomic E-state index is 13.8. The number of methoxy groups -OCH3 is 1. The quantitative estimate of drug-likeness (QED) is 0.368. The number of nitrogens with zero attached hydrogens (tertiary/aromatic N) is 3. The fourth-order valence-corrected chi connectivity index (χ4v) is 4.07. The van der Waals surface area contributed by atoms with Crippen molar-refractivity contribution >= 4 is 18.4 Å². The van der Waals surface area contributed by atoms with Crippen LogP contribution in [0.15, 0.2) is 47.0 Å². The summed E-state index contributed by atoms with van der Waals surface area (Å²) in [5.41, 5.74) is 6.22. The Labute approximate surface area is 201 Å². The van der Waals surface area contributed by atoms with E-state index in [1.807, 2.05) is 12.1 Å². The molecule has 34 heavy (non-hydrogen) atoms. The summed E-state index contributed by atoms with van der Waals surface area (Å²) < 4.78 is 51.9. The third kappa shape index (κ3) is 5.44. The van der Waals surface area contributed by atoms with Gasteiger partial charge in [-0.05, 0) is 55.0 Å². The van der Waals surface area contributed by atoms with Crippen LogP contribution >= 0.6 is 12.4 Å². The van der Waals surface area contributed by atoms with Crippen molar-refractivity contribution in [2.75, 3.05) is 13.7 Å². The van der Waals surface area contributed by atoms with Crippen LogP contribution in [0.3, 0.4) is 0 Å². The number of aromatic nitrogens is 2. The number of likely N-dealkylation sites (tertiary alicyclic amines) is 1. The zero-order valence-corrected chi connectivity index (χ0v) is 19.2. The van der Waals surface area contributed by atoms with Crippen LogP contribution in [0.2, 0.25) is 0 Å². The number of aryl methyl sites for hydroxylation is 2. The number of nitrogens with one attached hydrogen (secondary N) is 1. The van der Waals surface area contributed by atoms with E-state index in [4.69, 9.17) is 20.4 Å². The van der Waals surface area contributed by atoms with Crippen molar-refractivity contribution in [3.05, 3.63) is 65.0 Å². The van der Waals surface area contributed by atoms with E-state index in [0.29, 0.717) is 25.1 Å². The summed E-state index contributed by atoms with van der Waals surface area (Å²) in [6.45, 7) is 0.596. The molecule has 3 N–H and O–H groups in total. The highest BCUT2D eigenvalue weighted by Gasteiger charge is 2.35. The van der Waals surface area contributed by atoms with Crippen molar-refractivity contribution in [2.24, 2.45) is 5.73 Å². The number of hydrogen-bond donors (Lipinski definition) is 2. The summed E-state index contributed by atoms with van der Waals surface area (Å²) in [5.74, 6) is 0.919. The van der Waals surface area contributed by atoms with E-state index in [2.05, 4.69) is 10.1 Å². The molecular formula is C23H25ClF3N5O2. The van der Waals surface area contributed by atoms with E-state index in [9.17, 15) is 13.2 Å². The molecule has 3 aromatic rings. The predicted octanol–water partition coefficient (Wildman–Crippen LogP) is 5.00. The molecule has 4 rings (SSSR count). The molecule has 1 aromatic heterocycles. The Kier molecular flexibility index (Phi) is 7.71. The van der Waals surface area contributed by atoms with Gasteiger partial charge in [0.1, 0.15) is 11.8 Å². The molecule has 7 nitrogen and oxygen atoms in total. The Morgan fingerprint density at radius 2 is 1.94 bits per heavy atom. The van der Waals surface area contributed by atoms with Crippen molar-refractivity contribution < 1.29 is 22.4 Å². The lowest BCUT2D eigenvalue weighted by Gasteiger charge is -2.21. The summed E-state index contributed by atoms with van der Waals surface area (Å²) in [6.07, 6.45) is -2.34. The second kappa shape index (κ2) is 10.3. The summed E-state index contributed by atoms with van der Waals surface area (Å²) in [6, 6.07) is 11.0. The molecule has 1 aliphatic heterocycles. The number of rotatable bonds is 6. The van der Waals surface area contributed by atoms with Gasteiger partial charge in [0.2, 0.25) is 11.7 Å². The van der Waals surface area contributed by atoms with Crippen molar-refractivity contribution in [2.45, 2.75) is 37.9 Å². The number of halogens is 4. The number of hydrogen-bond acceptors (Lipinski definition) is 5. The van der Waals surface area contributed by atoms with E-state index < -0.39 is 11.7 Å². The van der Waals surface area contributed by atoms with Gasteiger partial charge in [-0.25, -0.2) is 0 Å². The molecule has 0 amide bonds. The molecule has 1 atom stereocenters. The topological polar surface area (TPSA) is 101 Å². The van der Waals surface area contributed by atoms with E-state index >= 15 is 0 Å². The van der Waals surface area contributed by atoms with Gasteiger partial charge in [-0.1, -0.05) is 29.4 Å². The lowest BCUT2D eigenvalue weighted by molar-refractivity contribution is -0.138. The molecule has 1 saturated heterocycles. The average molecular weight is 496 g/mol. The van der Waals surface area contributed by atoms with Crippen LogP contribution in [0, 0.1) is 5.41 Å². The number of benzene rings is 2. The lowest BCUT2D eigenvalue weighted by Crippen LogP contribution is -2.35. The first-order valence-electron chi connectivity index (χ1n) is 10.5. The van der Waals surface area contributed by atoms with Gasteiger partial charge in [0.15, 0.2) is 5.96 Å². The minimum Gasteiger partial charge on any atom is -0.497 e. The van der Waals surface area contributed by atoms with Crippen molar-refractivity contribution in [3.63, 3.8) is 0 Å². The van der Waals surface area contributed by atoms with Gasteiger partial charge in [0.25, 0.3) is 0 Å².